The molecule has 0 bridgehead atoms. The third-order valence-electron chi connectivity index (χ3n) is 4.04. The molecule has 0 saturated carbocycles. The molecular weight excluding hydrogens is 592 g/mol. The van der Waals surface area contributed by atoms with E-state index in [0.717, 1.165) is 18.2 Å². The monoisotopic (exact) mass is 602 g/mol. The van der Waals surface area contributed by atoms with Gasteiger partial charge in [0, 0.05) is 20.2 Å². The minimum absolute atomic E-state index is 0.0286. The normalized spacial score (nSPS) is 12.4. The molecule has 3 aromatic carbocycles. The highest BCUT2D eigenvalue weighted by molar-refractivity contribution is 9.10. The summed E-state index contributed by atoms with van der Waals surface area (Å²) in [6.07, 6.45) is -4.67. The predicted octanol–water partition coefficient (Wildman–Crippen LogP) is 6.38. The van der Waals surface area contributed by atoms with E-state index < -0.39 is 31.8 Å². The van der Waals surface area contributed by atoms with Crippen LogP contribution in [-0.4, -0.2) is 16.8 Å². The second-order valence-corrected chi connectivity index (χ2v) is 11.7. The van der Waals surface area contributed by atoms with E-state index in [2.05, 4.69) is 25.4 Å². The van der Waals surface area contributed by atoms with Crippen LogP contribution in [0.3, 0.4) is 0 Å². The highest BCUT2D eigenvalue weighted by atomic mass is 79.9. The third kappa shape index (κ3) is 6.54. The molecule has 0 unspecified atom stereocenters. The Hall–Kier alpha value is -1.99. The summed E-state index contributed by atoms with van der Waals surface area (Å²) in [6.45, 7) is 0. The van der Waals surface area contributed by atoms with Crippen molar-refractivity contribution in [3.8, 4) is 0 Å². The first-order valence-electron chi connectivity index (χ1n) is 8.65. The maximum Gasteiger partial charge on any atom is 0.416 e. The molecule has 0 aromatic heterocycles. The molecule has 0 fully saturated rings. The number of anilines is 2. The van der Waals surface area contributed by atoms with Crippen LogP contribution in [0.5, 0.6) is 0 Å². The Labute approximate surface area is 206 Å². The van der Waals surface area contributed by atoms with Crippen molar-refractivity contribution in [2.24, 2.45) is 0 Å². The first-order valence-corrected chi connectivity index (χ1v) is 13.2. The molecular formula is C19H12BrCl2F3N2O4S2. The molecule has 33 heavy (non-hydrogen) atoms. The van der Waals surface area contributed by atoms with Gasteiger partial charge in [0.05, 0.1) is 21.0 Å². The molecule has 6 nitrogen and oxygen atoms in total. The summed E-state index contributed by atoms with van der Waals surface area (Å²) in [5.74, 6) is 0. The number of rotatable bonds is 6. The smallest absolute Gasteiger partial charge is 0.280 e. The molecule has 0 atom stereocenters. The largest absolute Gasteiger partial charge is 0.416 e. The quantitative estimate of drug-likeness (QED) is 0.342. The van der Waals surface area contributed by atoms with Crippen molar-refractivity contribution in [2.45, 2.75) is 16.0 Å². The van der Waals surface area contributed by atoms with E-state index in [1.807, 2.05) is 0 Å². The molecule has 0 heterocycles. The zero-order valence-corrected chi connectivity index (χ0v) is 20.7. The van der Waals surface area contributed by atoms with Gasteiger partial charge in [-0.3, -0.25) is 9.44 Å². The van der Waals surface area contributed by atoms with Crippen LogP contribution in [0, 0.1) is 0 Å². The lowest BCUT2D eigenvalue weighted by Gasteiger charge is -2.13. The summed E-state index contributed by atoms with van der Waals surface area (Å²) >= 11 is 14.6. The van der Waals surface area contributed by atoms with Crippen LogP contribution in [0.1, 0.15) is 5.56 Å². The number of alkyl halides is 3. The van der Waals surface area contributed by atoms with E-state index >= 15 is 0 Å². The Kier molecular flexibility index (Phi) is 7.25. The Morgan fingerprint density at radius 2 is 1.21 bits per heavy atom. The molecule has 0 aliphatic carbocycles. The van der Waals surface area contributed by atoms with Crippen LogP contribution in [-0.2, 0) is 26.2 Å². The van der Waals surface area contributed by atoms with Gasteiger partial charge in [-0.05, 0) is 60.7 Å². The third-order valence-corrected chi connectivity index (χ3v) is 7.69. The van der Waals surface area contributed by atoms with E-state index in [1.165, 1.54) is 36.4 Å². The Balaban J connectivity index is 1.83. The number of halogens is 6. The van der Waals surface area contributed by atoms with E-state index in [4.69, 9.17) is 23.2 Å². The van der Waals surface area contributed by atoms with Gasteiger partial charge >= 0.3 is 6.18 Å². The van der Waals surface area contributed by atoms with Gasteiger partial charge in [0.2, 0.25) is 0 Å². The molecule has 0 saturated heterocycles. The van der Waals surface area contributed by atoms with Crippen molar-refractivity contribution in [3.63, 3.8) is 0 Å². The number of nitrogens with one attached hydrogen (secondary N) is 2. The van der Waals surface area contributed by atoms with Gasteiger partial charge in [0.1, 0.15) is 0 Å². The summed E-state index contributed by atoms with van der Waals surface area (Å²) in [7, 11) is -8.34. The van der Waals surface area contributed by atoms with Gasteiger partial charge in [-0.25, -0.2) is 16.8 Å². The lowest BCUT2D eigenvalue weighted by atomic mass is 10.2. The van der Waals surface area contributed by atoms with Crippen molar-refractivity contribution >= 4 is 70.6 Å². The second-order valence-electron chi connectivity index (χ2n) is 6.57. The second kappa shape index (κ2) is 9.34. The first-order chi connectivity index (χ1) is 15.2. The average Bonchev–Trinajstić information content (AvgIpc) is 2.66. The molecule has 0 aliphatic heterocycles. The molecule has 0 radical (unpaired) electrons. The fourth-order valence-electron chi connectivity index (χ4n) is 2.63. The van der Waals surface area contributed by atoms with E-state index in [9.17, 15) is 30.0 Å². The maximum atomic E-state index is 13.0. The van der Waals surface area contributed by atoms with Gasteiger partial charge in [0.25, 0.3) is 20.0 Å². The van der Waals surface area contributed by atoms with Crippen LogP contribution in [0.2, 0.25) is 10.0 Å². The Bertz CT molecular complexity index is 1400. The number of hydrogen-bond acceptors (Lipinski definition) is 4. The maximum absolute atomic E-state index is 13.0. The van der Waals surface area contributed by atoms with Crippen molar-refractivity contribution in [1.29, 1.82) is 0 Å². The number of hydrogen-bond donors (Lipinski definition) is 2. The van der Waals surface area contributed by atoms with Crippen LogP contribution in [0.25, 0.3) is 0 Å². The SMILES string of the molecule is O=S(=O)(Nc1cc(Br)cc(C(F)(F)F)c1)c1ccc(NS(=O)(=O)c2cc(Cl)cc(Cl)c2)cc1. The van der Waals surface area contributed by atoms with Crippen LogP contribution < -0.4 is 9.44 Å². The van der Waals surface area contributed by atoms with E-state index in [1.54, 1.807) is 0 Å². The average molecular weight is 604 g/mol. The Morgan fingerprint density at radius 1 is 0.697 bits per heavy atom. The van der Waals surface area contributed by atoms with Gasteiger partial charge < -0.3 is 0 Å². The van der Waals surface area contributed by atoms with Gasteiger partial charge in [-0.1, -0.05) is 39.1 Å². The summed E-state index contributed by atoms with van der Waals surface area (Å²) in [4.78, 5) is -0.502. The molecule has 3 aromatic rings. The summed E-state index contributed by atoms with van der Waals surface area (Å²) < 4.78 is 93.5. The minimum Gasteiger partial charge on any atom is -0.280 e. The number of sulfonamides is 2. The van der Waals surface area contributed by atoms with Gasteiger partial charge in [0.15, 0.2) is 0 Å². The summed E-state index contributed by atoms with van der Waals surface area (Å²) in [5.41, 5.74) is -1.31. The highest BCUT2D eigenvalue weighted by Gasteiger charge is 2.31. The number of benzene rings is 3. The van der Waals surface area contributed by atoms with Crippen LogP contribution in [0.15, 0.2) is 74.9 Å². The molecule has 0 aliphatic rings. The minimum atomic E-state index is -4.67. The molecule has 176 valence electrons. The van der Waals surface area contributed by atoms with Crippen molar-refractivity contribution in [3.05, 3.63) is 80.7 Å². The van der Waals surface area contributed by atoms with Gasteiger partial charge in [-0.15, -0.1) is 0 Å². The topological polar surface area (TPSA) is 92.3 Å². The van der Waals surface area contributed by atoms with Crippen molar-refractivity contribution in [2.75, 3.05) is 9.44 Å². The highest BCUT2D eigenvalue weighted by Crippen LogP contribution is 2.34. The molecule has 0 spiro atoms. The zero-order chi connectivity index (χ0) is 24.6. The fraction of sp³-hybridized carbons (Fsp3) is 0.0526. The van der Waals surface area contributed by atoms with Crippen LogP contribution in [0.4, 0.5) is 24.5 Å². The lowest BCUT2D eigenvalue weighted by molar-refractivity contribution is -0.137. The molecule has 14 heteroatoms. The van der Waals surface area contributed by atoms with E-state index in [-0.39, 0.29) is 35.7 Å². The van der Waals surface area contributed by atoms with Gasteiger partial charge in [-0.2, -0.15) is 13.2 Å². The van der Waals surface area contributed by atoms with Crippen molar-refractivity contribution in [1.82, 2.24) is 0 Å². The summed E-state index contributed by atoms with van der Waals surface area (Å²) in [6, 6.07) is 10.9. The fourth-order valence-corrected chi connectivity index (χ4v) is 5.94. The summed E-state index contributed by atoms with van der Waals surface area (Å²) in [5, 5.41) is 0.216. The first kappa shape index (κ1) is 25.6. The molecule has 2 N–H and O–H groups in total. The standard InChI is InChI=1S/C19H12BrCl2F3N2O4S2/c20-12-5-11(19(23,24)25)6-16(7-12)27-32(28,29)17-3-1-15(2-4-17)26-33(30,31)18-9-13(21)8-14(22)10-18/h1-10,26-27H. The Morgan fingerprint density at radius 3 is 1.76 bits per heavy atom. The van der Waals surface area contributed by atoms with Crippen LogP contribution >= 0.6 is 39.1 Å². The van der Waals surface area contributed by atoms with E-state index in [0.29, 0.717) is 6.07 Å². The molecule has 3 rings (SSSR count). The predicted molar refractivity (Wildman–Crippen MR) is 124 cm³/mol. The molecule has 0 amide bonds. The van der Waals surface area contributed by atoms with Crippen molar-refractivity contribution < 1.29 is 30.0 Å². The zero-order valence-electron chi connectivity index (χ0n) is 16.0. The lowest BCUT2D eigenvalue weighted by Crippen LogP contribution is -2.15.